The summed E-state index contributed by atoms with van der Waals surface area (Å²) in [7, 11) is 1.61. The van der Waals surface area contributed by atoms with Crippen molar-refractivity contribution in [3.8, 4) is 5.75 Å². The van der Waals surface area contributed by atoms with Crippen LogP contribution in [-0.4, -0.2) is 13.8 Å². The maximum atomic E-state index is 11.9. The second kappa shape index (κ2) is 3.96. The van der Waals surface area contributed by atoms with Gasteiger partial charge in [0.05, 0.1) is 13.8 Å². The number of ether oxygens (including phenoxy) is 1. The molecule has 0 unspecified atom stereocenters. The zero-order valence-electron chi connectivity index (χ0n) is 6.51. The van der Waals surface area contributed by atoms with Gasteiger partial charge in [-0.25, -0.2) is 0 Å². The SMILES string of the molecule is COc1cccc(CCF)c1. The summed E-state index contributed by atoms with van der Waals surface area (Å²) in [6.45, 7) is -0.312. The summed E-state index contributed by atoms with van der Waals surface area (Å²) in [5.74, 6) is 0.788. The standard InChI is InChI=1S/C9H11FO/c1-11-9-4-2-3-8(7-9)5-6-10/h2-4,7H,5-6H2,1H3. The van der Waals surface area contributed by atoms with Gasteiger partial charge in [0.15, 0.2) is 0 Å². The first-order chi connectivity index (χ1) is 5.36. The summed E-state index contributed by atoms with van der Waals surface area (Å²) in [5.41, 5.74) is 0.979. The third-order valence-corrected chi connectivity index (χ3v) is 1.52. The highest BCUT2D eigenvalue weighted by atomic mass is 19.1. The first-order valence-corrected chi connectivity index (χ1v) is 3.55. The lowest BCUT2D eigenvalue weighted by molar-refractivity contribution is 0.413. The molecule has 0 atom stereocenters. The van der Waals surface area contributed by atoms with E-state index in [1.54, 1.807) is 7.11 Å². The molecule has 1 nitrogen and oxygen atoms in total. The van der Waals surface area contributed by atoms with Gasteiger partial charge in [0.25, 0.3) is 0 Å². The fraction of sp³-hybridized carbons (Fsp3) is 0.333. The van der Waals surface area contributed by atoms with Crippen molar-refractivity contribution < 1.29 is 9.13 Å². The molecule has 0 bridgehead atoms. The Bertz CT molecular complexity index is 223. The first kappa shape index (κ1) is 8.05. The highest BCUT2D eigenvalue weighted by Gasteiger charge is 1.93. The van der Waals surface area contributed by atoms with Gasteiger partial charge in [-0.05, 0) is 17.7 Å². The summed E-state index contributed by atoms with van der Waals surface area (Å²) < 4.78 is 16.9. The van der Waals surface area contributed by atoms with E-state index in [4.69, 9.17) is 4.74 Å². The summed E-state index contributed by atoms with van der Waals surface area (Å²) in [5, 5.41) is 0. The van der Waals surface area contributed by atoms with Crippen LogP contribution in [0.1, 0.15) is 5.56 Å². The van der Waals surface area contributed by atoms with Crippen LogP contribution in [0.25, 0.3) is 0 Å². The van der Waals surface area contributed by atoms with Gasteiger partial charge in [-0.3, -0.25) is 4.39 Å². The smallest absolute Gasteiger partial charge is 0.119 e. The van der Waals surface area contributed by atoms with E-state index in [2.05, 4.69) is 0 Å². The second-order valence-corrected chi connectivity index (χ2v) is 2.29. The van der Waals surface area contributed by atoms with E-state index < -0.39 is 0 Å². The lowest BCUT2D eigenvalue weighted by Gasteiger charge is -2.01. The summed E-state index contributed by atoms with van der Waals surface area (Å²) in [4.78, 5) is 0. The van der Waals surface area contributed by atoms with Crippen molar-refractivity contribution in [1.82, 2.24) is 0 Å². The first-order valence-electron chi connectivity index (χ1n) is 3.55. The van der Waals surface area contributed by atoms with Gasteiger partial charge in [-0.15, -0.1) is 0 Å². The number of alkyl halides is 1. The van der Waals surface area contributed by atoms with E-state index in [0.29, 0.717) is 6.42 Å². The molecular formula is C9H11FO. The van der Waals surface area contributed by atoms with E-state index in [1.807, 2.05) is 24.3 Å². The van der Waals surface area contributed by atoms with Gasteiger partial charge in [0.2, 0.25) is 0 Å². The van der Waals surface area contributed by atoms with E-state index in [9.17, 15) is 4.39 Å². The quantitative estimate of drug-likeness (QED) is 0.648. The van der Waals surface area contributed by atoms with Crippen molar-refractivity contribution in [2.24, 2.45) is 0 Å². The number of halogens is 1. The molecule has 0 saturated heterocycles. The average molecular weight is 154 g/mol. The van der Waals surface area contributed by atoms with E-state index >= 15 is 0 Å². The molecule has 60 valence electrons. The number of hydrogen-bond acceptors (Lipinski definition) is 1. The number of benzene rings is 1. The molecule has 0 aromatic heterocycles. The molecule has 0 amide bonds. The maximum Gasteiger partial charge on any atom is 0.119 e. The predicted molar refractivity (Wildman–Crippen MR) is 42.7 cm³/mol. The van der Waals surface area contributed by atoms with Crippen LogP contribution in [0.5, 0.6) is 5.75 Å². The fourth-order valence-electron chi connectivity index (χ4n) is 0.937. The highest BCUT2D eigenvalue weighted by Crippen LogP contribution is 2.12. The van der Waals surface area contributed by atoms with Crippen LogP contribution >= 0.6 is 0 Å². The molecule has 0 heterocycles. The Morgan fingerprint density at radius 1 is 1.45 bits per heavy atom. The Morgan fingerprint density at radius 3 is 2.91 bits per heavy atom. The van der Waals surface area contributed by atoms with Crippen LogP contribution in [0.2, 0.25) is 0 Å². The average Bonchev–Trinajstić information content (AvgIpc) is 2.06. The third-order valence-electron chi connectivity index (χ3n) is 1.52. The largest absolute Gasteiger partial charge is 0.497 e. The van der Waals surface area contributed by atoms with Gasteiger partial charge in [0, 0.05) is 6.42 Å². The molecule has 0 aliphatic rings. The van der Waals surface area contributed by atoms with Gasteiger partial charge in [-0.2, -0.15) is 0 Å². The van der Waals surface area contributed by atoms with Gasteiger partial charge >= 0.3 is 0 Å². The topological polar surface area (TPSA) is 9.23 Å². The Morgan fingerprint density at radius 2 is 2.27 bits per heavy atom. The number of methoxy groups -OCH3 is 1. The maximum absolute atomic E-state index is 11.9. The Balaban J connectivity index is 2.74. The molecule has 0 saturated carbocycles. The summed E-state index contributed by atoms with van der Waals surface area (Å²) in [6, 6.07) is 7.45. The van der Waals surface area contributed by atoms with Crippen LogP contribution in [0.15, 0.2) is 24.3 Å². The fourth-order valence-corrected chi connectivity index (χ4v) is 0.937. The zero-order valence-corrected chi connectivity index (χ0v) is 6.51. The summed E-state index contributed by atoms with van der Waals surface area (Å²) >= 11 is 0. The number of aryl methyl sites for hydroxylation is 1. The molecule has 0 aliphatic carbocycles. The van der Waals surface area contributed by atoms with Crippen molar-refractivity contribution in [2.75, 3.05) is 13.8 Å². The number of hydrogen-bond donors (Lipinski definition) is 0. The molecule has 0 radical (unpaired) electrons. The molecule has 0 fully saturated rings. The second-order valence-electron chi connectivity index (χ2n) is 2.29. The molecule has 11 heavy (non-hydrogen) atoms. The highest BCUT2D eigenvalue weighted by molar-refractivity contribution is 5.28. The molecule has 0 spiro atoms. The van der Waals surface area contributed by atoms with Crippen LogP contribution in [-0.2, 0) is 6.42 Å². The van der Waals surface area contributed by atoms with Crippen molar-refractivity contribution in [2.45, 2.75) is 6.42 Å². The van der Waals surface area contributed by atoms with Gasteiger partial charge < -0.3 is 4.74 Å². The van der Waals surface area contributed by atoms with E-state index in [-0.39, 0.29) is 6.67 Å². The lowest BCUT2D eigenvalue weighted by atomic mass is 10.1. The Hall–Kier alpha value is -1.05. The van der Waals surface area contributed by atoms with E-state index in [1.165, 1.54) is 0 Å². The number of rotatable bonds is 3. The Kier molecular flexibility index (Phi) is 2.90. The van der Waals surface area contributed by atoms with E-state index in [0.717, 1.165) is 11.3 Å². The molecule has 0 aliphatic heterocycles. The van der Waals surface area contributed by atoms with Gasteiger partial charge in [-0.1, -0.05) is 12.1 Å². The van der Waals surface area contributed by atoms with Crippen molar-refractivity contribution >= 4 is 0 Å². The van der Waals surface area contributed by atoms with Crippen molar-refractivity contribution in [3.05, 3.63) is 29.8 Å². The van der Waals surface area contributed by atoms with Crippen LogP contribution in [0.4, 0.5) is 4.39 Å². The lowest BCUT2D eigenvalue weighted by Crippen LogP contribution is -1.88. The molecule has 0 N–H and O–H groups in total. The molecule has 2 heteroatoms. The summed E-state index contributed by atoms with van der Waals surface area (Å²) in [6.07, 6.45) is 0.469. The minimum atomic E-state index is -0.312. The zero-order chi connectivity index (χ0) is 8.10. The van der Waals surface area contributed by atoms with Crippen LogP contribution in [0.3, 0.4) is 0 Å². The monoisotopic (exact) mass is 154 g/mol. The Labute approximate surface area is 65.8 Å². The third kappa shape index (κ3) is 2.22. The van der Waals surface area contributed by atoms with Crippen molar-refractivity contribution in [1.29, 1.82) is 0 Å². The van der Waals surface area contributed by atoms with Crippen LogP contribution in [0, 0.1) is 0 Å². The minimum absolute atomic E-state index is 0.312. The predicted octanol–water partition coefficient (Wildman–Crippen LogP) is 2.21. The van der Waals surface area contributed by atoms with Crippen molar-refractivity contribution in [3.63, 3.8) is 0 Å². The van der Waals surface area contributed by atoms with Gasteiger partial charge in [0.1, 0.15) is 5.75 Å². The molecule has 1 aromatic carbocycles. The molecule has 1 rings (SSSR count). The normalized spacial score (nSPS) is 9.64. The minimum Gasteiger partial charge on any atom is -0.497 e. The molecule has 1 aromatic rings. The molecular weight excluding hydrogens is 143 g/mol. The van der Waals surface area contributed by atoms with Crippen LogP contribution < -0.4 is 4.74 Å².